The first kappa shape index (κ1) is 15.6. The van der Waals surface area contributed by atoms with Crippen molar-refractivity contribution in [2.24, 2.45) is 0 Å². The number of nitro groups is 1. The van der Waals surface area contributed by atoms with Crippen LogP contribution in [0.15, 0.2) is 18.2 Å². The van der Waals surface area contributed by atoms with E-state index in [-0.39, 0.29) is 10.6 Å². The number of ether oxygens (including phenoxy) is 1. The van der Waals surface area contributed by atoms with E-state index in [0.717, 1.165) is 32.5 Å². The van der Waals surface area contributed by atoms with Gasteiger partial charge >= 0.3 is 0 Å². The molecule has 1 heterocycles. The van der Waals surface area contributed by atoms with Gasteiger partial charge in [0.1, 0.15) is 5.75 Å². The summed E-state index contributed by atoms with van der Waals surface area (Å²) in [6.45, 7) is 5.48. The fourth-order valence-corrected chi connectivity index (χ4v) is 2.76. The maximum Gasteiger partial charge on any atom is 0.271 e. The lowest BCUT2D eigenvalue weighted by atomic mass is 10.0. The zero-order valence-electron chi connectivity index (χ0n) is 12.7. The Bertz CT molecular complexity index is 485. The number of non-ortho nitro benzene ring substituents is 1. The number of likely N-dealkylation sites (tertiary alicyclic amines) is 1. The van der Waals surface area contributed by atoms with Crippen LogP contribution < -0.4 is 10.1 Å². The molecule has 1 aromatic rings. The molecule has 0 atom stereocenters. The number of hydrogen-bond donors (Lipinski definition) is 1. The van der Waals surface area contributed by atoms with E-state index in [2.05, 4.69) is 17.1 Å². The van der Waals surface area contributed by atoms with Crippen molar-refractivity contribution < 1.29 is 9.66 Å². The van der Waals surface area contributed by atoms with E-state index in [1.54, 1.807) is 19.2 Å². The highest BCUT2D eigenvalue weighted by Gasteiger charge is 2.20. The normalized spacial score (nSPS) is 16.7. The van der Waals surface area contributed by atoms with Crippen molar-refractivity contribution in [2.45, 2.75) is 32.2 Å². The van der Waals surface area contributed by atoms with Crippen molar-refractivity contribution in [3.8, 4) is 5.75 Å². The van der Waals surface area contributed by atoms with Gasteiger partial charge in [-0.05, 0) is 31.9 Å². The van der Waals surface area contributed by atoms with Gasteiger partial charge < -0.3 is 15.0 Å². The Morgan fingerprint density at radius 1 is 1.43 bits per heavy atom. The van der Waals surface area contributed by atoms with Crippen molar-refractivity contribution in [3.63, 3.8) is 0 Å². The Morgan fingerprint density at radius 3 is 2.71 bits per heavy atom. The Hall–Kier alpha value is -1.82. The van der Waals surface area contributed by atoms with Crippen molar-refractivity contribution >= 4 is 11.4 Å². The van der Waals surface area contributed by atoms with Gasteiger partial charge in [0.05, 0.1) is 17.7 Å². The molecule has 1 fully saturated rings. The summed E-state index contributed by atoms with van der Waals surface area (Å²) < 4.78 is 5.29. The van der Waals surface area contributed by atoms with E-state index in [1.807, 2.05) is 0 Å². The number of methoxy groups -OCH3 is 1. The maximum absolute atomic E-state index is 10.9. The molecule has 0 saturated carbocycles. The van der Waals surface area contributed by atoms with Gasteiger partial charge in [0.25, 0.3) is 5.69 Å². The summed E-state index contributed by atoms with van der Waals surface area (Å²) in [6, 6.07) is 5.01. The van der Waals surface area contributed by atoms with Gasteiger partial charge in [0, 0.05) is 31.3 Å². The Balaban J connectivity index is 2.02. The molecule has 1 aliphatic rings. The summed E-state index contributed by atoms with van der Waals surface area (Å²) in [5.41, 5.74) is 0.794. The molecule has 0 aliphatic carbocycles. The first-order valence-corrected chi connectivity index (χ1v) is 7.45. The van der Waals surface area contributed by atoms with E-state index in [0.29, 0.717) is 17.5 Å². The quantitative estimate of drug-likeness (QED) is 0.645. The maximum atomic E-state index is 10.9. The average Bonchev–Trinajstić information content (AvgIpc) is 2.49. The second-order valence-electron chi connectivity index (χ2n) is 5.40. The lowest BCUT2D eigenvalue weighted by Gasteiger charge is -2.32. The van der Waals surface area contributed by atoms with Gasteiger partial charge in [-0.15, -0.1) is 0 Å². The first-order valence-electron chi connectivity index (χ1n) is 7.45. The number of anilines is 1. The van der Waals surface area contributed by atoms with Crippen LogP contribution in [0, 0.1) is 10.1 Å². The Morgan fingerprint density at radius 2 is 2.14 bits per heavy atom. The molecule has 0 unspecified atom stereocenters. The van der Waals surface area contributed by atoms with Crippen LogP contribution in [-0.4, -0.2) is 42.6 Å². The van der Waals surface area contributed by atoms with E-state index >= 15 is 0 Å². The Labute approximate surface area is 125 Å². The Kier molecular flexibility index (Phi) is 5.38. The van der Waals surface area contributed by atoms with E-state index in [4.69, 9.17) is 4.74 Å². The van der Waals surface area contributed by atoms with Crippen LogP contribution in [0.1, 0.15) is 26.2 Å². The number of piperidine rings is 1. The second-order valence-corrected chi connectivity index (χ2v) is 5.40. The third kappa shape index (κ3) is 4.07. The molecule has 6 nitrogen and oxygen atoms in total. The largest absolute Gasteiger partial charge is 0.495 e. The minimum Gasteiger partial charge on any atom is -0.495 e. The number of nitrogens with one attached hydrogen (secondary N) is 1. The number of nitrogens with zero attached hydrogens (tertiary/aromatic N) is 2. The second kappa shape index (κ2) is 7.26. The highest BCUT2D eigenvalue weighted by atomic mass is 16.6. The molecule has 6 heteroatoms. The predicted octanol–water partition coefficient (Wildman–Crippen LogP) is 2.89. The van der Waals surface area contributed by atoms with Gasteiger partial charge in [0.15, 0.2) is 0 Å². The minimum atomic E-state index is -0.380. The summed E-state index contributed by atoms with van der Waals surface area (Å²) in [5.74, 6) is 0.650. The summed E-state index contributed by atoms with van der Waals surface area (Å²) in [4.78, 5) is 13.0. The number of hydrogen-bond acceptors (Lipinski definition) is 5. The van der Waals surface area contributed by atoms with Crippen LogP contribution in [0.5, 0.6) is 5.75 Å². The van der Waals surface area contributed by atoms with Crippen LogP contribution in [0.4, 0.5) is 11.4 Å². The molecule has 0 bridgehead atoms. The fraction of sp³-hybridized carbons (Fsp3) is 0.600. The van der Waals surface area contributed by atoms with Crippen molar-refractivity contribution in [2.75, 3.05) is 32.1 Å². The van der Waals surface area contributed by atoms with E-state index < -0.39 is 0 Å². The third-order valence-electron chi connectivity index (χ3n) is 3.88. The monoisotopic (exact) mass is 293 g/mol. The average molecular weight is 293 g/mol. The molecule has 1 N–H and O–H groups in total. The number of benzene rings is 1. The minimum absolute atomic E-state index is 0.0849. The molecular weight excluding hydrogens is 270 g/mol. The van der Waals surface area contributed by atoms with Crippen LogP contribution in [0.3, 0.4) is 0 Å². The summed E-state index contributed by atoms with van der Waals surface area (Å²) in [5, 5.41) is 14.3. The number of nitro benzene ring substituents is 1. The van der Waals surface area contributed by atoms with Gasteiger partial charge in [-0.1, -0.05) is 6.92 Å². The van der Waals surface area contributed by atoms with Crippen LogP contribution in [0.2, 0.25) is 0 Å². The highest BCUT2D eigenvalue weighted by molar-refractivity contribution is 5.62. The van der Waals surface area contributed by atoms with Gasteiger partial charge in [-0.2, -0.15) is 0 Å². The molecule has 0 radical (unpaired) electrons. The molecule has 2 rings (SSSR count). The van der Waals surface area contributed by atoms with E-state index in [9.17, 15) is 10.1 Å². The van der Waals surface area contributed by atoms with Crippen LogP contribution in [0.25, 0.3) is 0 Å². The molecule has 0 spiro atoms. The van der Waals surface area contributed by atoms with Gasteiger partial charge in [0.2, 0.25) is 0 Å². The molecule has 21 heavy (non-hydrogen) atoms. The fourth-order valence-electron chi connectivity index (χ4n) is 2.76. The van der Waals surface area contributed by atoms with Crippen molar-refractivity contribution in [3.05, 3.63) is 28.3 Å². The standard InChI is InChI=1S/C15H23N3O3/c1-3-8-17-9-6-12(7-10-17)16-14-11-13(18(19)20)4-5-15(14)21-2/h4-5,11-12,16H,3,6-10H2,1-2H3. The number of rotatable bonds is 6. The third-order valence-corrected chi connectivity index (χ3v) is 3.88. The topological polar surface area (TPSA) is 67.6 Å². The van der Waals surface area contributed by atoms with Crippen LogP contribution in [-0.2, 0) is 0 Å². The van der Waals surface area contributed by atoms with Crippen LogP contribution >= 0.6 is 0 Å². The van der Waals surface area contributed by atoms with Gasteiger partial charge in [-0.3, -0.25) is 10.1 Å². The molecule has 0 aromatic heterocycles. The molecule has 0 amide bonds. The summed E-state index contributed by atoms with van der Waals surface area (Å²) >= 11 is 0. The van der Waals surface area contributed by atoms with Gasteiger partial charge in [-0.25, -0.2) is 0 Å². The smallest absolute Gasteiger partial charge is 0.271 e. The van der Waals surface area contributed by atoms with E-state index in [1.165, 1.54) is 12.5 Å². The molecule has 116 valence electrons. The summed E-state index contributed by atoms with van der Waals surface area (Å²) in [7, 11) is 1.58. The zero-order chi connectivity index (χ0) is 15.2. The molecular formula is C15H23N3O3. The van der Waals surface area contributed by atoms with Crippen molar-refractivity contribution in [1.29, 1.82) is 0 Å². The lowest BCUT2D eigenvalue weighted by Crippen LogP contribution is -2.39. The highest BCUT2D eigenvalue weighted by Crippen LogP contribution is 2.30. The zero-order valence-corrected chi connectivity index (χ0v) is 12.7. The first-order chi connectivity index (χ1) is 10.1. The molecule has 1 aliphatic heterocycles. The molecule has 1 aromatic carbocycles. The van der Waals surface area contributed by atoms with Crippen molar-refractivity contribution in [1.82, 2.24) is 4.90 Å². The lowest BCUT2D eigenvalue weighted by molar-refractivity contribution is -0.384. The SMILES string of the molecule is CCCN1CCC(Nc2cc([N+](=O)[O-])ccc2OC)CC1. The predicted molar refractivity (Wildman–Crippen MR) is 83.0 cm³/mol. The molecule has 1 saturated heterocycles. The summed E-state index contributed by atoms with van der Waals surface area (Å²) in [6.07, 6.45) is 3.27.